The largest absolute Gasteiger partial charge is 0.497 e. The summed E-state index contributed by atoms with van der Waals surface area (Å²) < 4.78 is 18.2. The lowest BCUT2D eigenvalue weighted by Gasteiger charge is -2.18. The maximum atomic E-state index is 13.1. The van der Waals surface area contributed by atoms with E-state index in [-0.39, 0.29) is 11.5 Å². The summed E-state index contributed by atoms with van der Waals surface area (Å²) in [6, 6.07) is 8.98. The van der Waals surface area contributed by atoms with E-state index >= 15 is 0 Å². The van der Waals surface area contributed by atoms with E-state index in [2.05, 4.69) is 5.32 Å². The number of fused-ring (bicyclic) bond motifs is 1. The molecule has 0 atom stereocenters. The molecule has 0 unspecified atom stereocenters. The molecule has 2 heterocycles. The van der Waals surface area contributed by atoms with Gasteiger partial charge in [0.1, 0.15) is 17.1 Å². The zero-order valence-electron chi connectivity index (χ0n) is 16.6. The van der Waals surface area contributed by atoms with E-state index in [0.29, 0.717) is 62.3 Å². The third-order valence-electron chi connectivity index (χ3n) is 5.33. The standard InChI is InChI=1S/C22H26N2O5/c1-27-17-6-4-15(5-7-17)13-23-22(26)21-18-8-10-28-11-9-24(18)20(25)12-19(21)29-14-16-2-3-16/h4-7,12,16H,2-3,8-11,13-14H2,1H3,(H,23,26). The van der Waals surface area contributed by atoms with Crippen molar-refractivity contribution in [2.24, 2.45) is 5.92 Å². The third kappa shape index (κ3) is 4.62. The molecular weight excluding hydrogens is 372 g/mol. The van der Waals surface area contributed by atoms with E-state index in [9.17, 15) is 9.59 Å². The first kappa shape index (κ1) is 19.5. The van der Waals surface area contributed by atoms with Crippen molar-refractivity contribution < 1.29 is 19.0 Å². The van der Waals surface area contributed by atoms with Crippen molar-refractivity contribution >= 4 is 5.91 Å². The topological polar surface area (TPSA) is 78.8 Å². The molecule has 154 valence electrons. The van der Waals surface area contributed by atoms with Crippen LogP contribution in [0, 0.1) is 5.92 Å². The van der Waals surface area contributed by atoms with Gasteiger partial charge < -0.3 is 24.1 Å². The van der Waals surface area contributed by atoms with E-state index in [4.69, 9.17) is 14.2 Å². The van der Waals surface area contributed by atoms with Crippen LogP contribution in [0.2, 0.25) is 0 Å². The van der Waals surface area contributed by atoms with Gasteiger partial charge in [-0.25, -0.2) is 0 Å². The van der Waals surface area contributed by atoms with Gasteiger partial charge in [0.2, 0.25) is 0 Å². The van der Waals surface area contributed by atoms with Gasteiger partial charge in [-0.2, -0.15) is 0 Å². The Bertz CT molecular complexity index is 931. The van der Waals surface area contributed by atoms with Crippen LogP contribution < -0.4 is 20.3 Å². The molecular formula is C22H26N2O5. The number of pyridine rings is 1. The van der Waals surface area contributed by atoms with Gasteiger partial charge in [0.15, 0.2) is 0 Å². The summed E-state index contributed by atoms with van der Waals surface area (Å²) in [5.41, 5.74) is 1.95. The predicted octanol–water partition coefficient (Wildman–Crippen LogP) is 2.15. The van der Waals surface area contributed by atoms with Gasteiger partial charge in [-0.05, 0) is 36.5 Å². The maximum absolute atomic E-state index is 13.1. The number of nitrogens with zero attached hydrogens (tertiary/aromatic N) is 1. The van der Waals surface area contributed by atoms with Crippen molar-refractivity contribution in [2.45, 2.75) is 32.4 Å². The highest BCUT2D eigenvalue weighted by molar-refractivity contribution is 5.98. The second-order valence-corrected chi connectivity index (χ2v) is 7.47. The molecule has 2 aliphatic rings. The van der Waals surface area contributed by atoms with E-state index < -0.39 is 0 Å². The molecule has 1 aliphatic carbocycles. The second kappa shape index (κ2) is 8.69. The molecule has 1 fully saturated rings. The van der Waals surface area contributed by atoms with Gasteiger partial charge in [0.25, 0.3) is 11.5 Å². The minimum atomic E-state index is -0.239. The number of benzene rings is 1. The molecule has 2 aromatic rings. The number of carbonyl (C=O) groups excluding carboxylic acids is 1. The lowest BCUT2D eigenvalue weighted by Crippen LogP contribution is -2.31. The Labute approximate surface area is 169 Å². The predicted molar refractivity (Wildman–Crippen MR) is 108 cm³/mol. The van der Waals surface area contributed by atoms with Crippen LogP contribution in [0.5, 0.6) is 11.5 Å². The van der Waals surface area contributed by atoms with Crippen LogP contribution in [0.15, 0.2) is 35.1 Å². The van der Waals surface area contributed by atoms with Gasteiger partial charge in [-0.3, -0.25) is 9.59 Å². The molecule has 0 bridgehead atoms. The second-order valence-electron chi connectivity index (χ2n) is 7.47. The van der Waals surface area contributed by atoms with Crippen LogP contribution >= 0.6 is 0 Å². The molecule has 1 N–H and O–H groups in total. The number of amides is 1. The van der Waals surface area contributed by atoms with Crippen molar-refractivity contribution in [3.63, 3.8) is 0 Å². The molecule has 1 saturated carbocycles. The fourth-order valence-corrected chi connectivity index (χ4v) is 3.47. The highest BCUT2D eigenvalue weighted by atomic mass is 16.5. The molecule has 1 aromatic carbocycles. The van der Waals surface area contributed by atoms with Crippen LogP contribution in [-0.4, -0.2) is 37.4 Å². The summed E-state index contributed by atoms with van der Waals surface area (Å²) in [5.74, 6) is 1.43. The molecule has 7 nitrogen and oxygen atoms in total. The maximum Gasteiger partial charge on any atom is 0.257 e. The lowest BCUT2D eigenvalue weighted by molar-refractivity contribution is 0.0944. The van der Waals surface area contributed by atoms with Crippen molar-refractivity contribution in [1.82, 2.24) is 9.88 Å². The number of hydrogen-bond donors (Lipinski definition) is 1. The van der Waals surface area contributed by atoms with Crippen LogP contribution in [0.1, 0.15) is 34.5 Å². The first-order valence-corrected chi connectivity index (χ1v) is 10.0. The average Bonchev–Trinajstić information content (AvgIpc) is 3.58. The Morgan fingerprint density at radius 3 is 2.76 bits per heavy atom. The molecule has 0 saturated heterocycles. The summed E-state index contributed by atoms with van der Waals surface area (Å²) >= 11 is 0. The molecule has 1 aliphatic heterocycles. The van der Waals surface area contributed by atoms with E-state index in [1.165, 1.54) is 6.07 Å². The van der Waals surface area contributed by atoms with Crippen molar-refractivity contribution in [3.05, 3.63) is 57.5 Å². The number of methoxy groups -OCH3 is 1. The third-order valence-corrected chi connectivity index (χ3v) is 5.33. The number of rotatable bonds is 7. The number of aromatic nitrogens is 1. The van der Waals surface area contributed by atoms with E-state index in [1.807, 2.05) is 24.3 Å². The summed E-state index contributed by atoms with van der Waals surface area (Å²) in [6.07, 6.45) is 2.77. The molecule has 4 rings (SSSR count). The first-order chi connectivity index (χ1) is 14.2. The quantitative estimate of drug-likeness (QED) is 0.773. The Morgan fingerprint density at radius 2 is 2.03 bits per heavy atom. The van der Waals surface area contributed by atoms with Crippen molar-refractivity contribution in [3.8, 4) is 11.5 Å². The van der Waals surface area contributed by atoms with E-state index in [0.717, 1.165) is 24.2 Å². The van der Waals surface area contributed by atoms with Crippen LogP contribution in [-0.2, 0) is 24.2 Å². The Balaban J connectivity index is 1.59. The lowest BCUT2D eigenvalue weighted by atomic mass is 10.1. The summed E-state index contributed by atoms with van der Waals surface area (Å²) in [7, 11) is 1.62. The molecule has 29 heavy (non-hydrogen) atoms. The summed E-state index contributed by atoms with van der Waals surface area (Å²) in [6.45, 7) is 2.29. The van der Waals surface area contributed by atoms with E-state index in [1.54, 1.807) is 11.7 Å². The fourth-order valence-electron chi connectivity index (χ4n) is 3.47. The molecule has 1 amide bonds. The Morgan fingerprint density at radius 1 is 1.24 bits per heavy atom. The van der Waals surface area contributed by atoms with Crippen molar-refractivity contribution in [1.29, 1.82) is 0 Å². The Kier molecular flexibility index (Phi) is 5.85. The SMILES string of the molecule is COc1ccc(CNC(=O)c2c(OCC3CC3)cc(=O)n3c2CCOCC3)cc1. The van der Waals surface area contributed by atoms with Gasteiger partial charge in [0.05, 0.1) is 26.9 Å². The number of ether oxygens (including phenoxy) is 3. The molecule has 7 heteroatoms. The van der Waals surface area contributed by atoms with Gasteiger partial charge in [0, 0.05) is 31.3 Å². The number of hydrogen-bond acceptors (Lipinski definition) is 5. The number of carbonyl (C=O) groups is 1. The zero-order valence-corrected chi connectivity index (χ0v) is 16.6. The molecule has 1 aromatic heterocycles. The molecule has 0 spiro atoms. The van der Waals surface area contributed by atoms with Crippen LogP contribution in [0.4, 0.5) is 0 Å². The summed E-state index contributed by atoms with van der Waals surface area (Å²) in [5, 5.41) is 2.97. The van der Waals surface area contributed by atoms with Crippen LogP contribution in [0.3, 0.4) is 0 Å². The van der Waals surface area contributed by atoms with Gasteiger partial charge >= 0.3 is 0 Å². The normalized spacial score (nSPS) is 15.9. The fraction of sp³-hybridized carbons (Fsp3) is 0.455. The first-order valence-electron chi connectivity index (χ1n) is 10.0. The zero-order chi connectivity index (χ0) is 20.2. The highest BCUT2D eigenvalue weighted by Gasteiger charge is 2.27. The monoisotopic (exact) mass is 398 g/mol. The van der Waals surface area contributed by atoms with Crippen LogP contribution in [0.25, 0.3) is 0 Å². The minimum Gasteiger partial charge on any atom is -0.497 e. The Hall–Kier alpha value is -2.80. The highest BCUT2D eigenvalue weighted by Crippen LogP contribution is 2.31. The number of nitrogens with one attached hydrogen (secondary N) is 1. The smallest absolute Gasteiger partial charge is 0.257 e. The minimum absolute atomic E-state index is 0.150. The van der Waals surface area contributed by atoms with Crippen molar-refractivity contribution in [2.75, 3.05) is 26.9 Å². The van der Waals surface area contributed by atoms with Gasteiger partial charge in [-0.15, -0.1) is 0 Å². The summed E-state index contributed by atoms with van der Waals surface area (Å²) in [4.78, 5) is 25.7. The molecule has 0 radical (unpaired) electrons. The average molecular weight is 398 g/mol. The van der Waals surface area contributed by atoms with Gasteiger partial charge in [-0.1, -0.05) is 12.1 Å².